The van der Waals surface area contributed by atoms with Crippen LogP contribution in [0.25, 0.3) is 0 Å². The lowest BCUT2D eigenvalue weighted by Gasteiger charge is -2.34. The van der Waals surface area contributed by atoms with E-state index in [0.29, 0.717) is 24.7 Å². The highest BCUT2D eigenvalue weighted by Crippen LogP contribution is 2.30. The van der Waals surface area contributed by atoms with Crippen molar-refractivity contribution in [3.05, 3.63) is 0 Å². The fourth-order valence-electron chi connectivity index (χ4n) is 2.07. The molecule has 0 saturated heterocycles. The van der Waals surface area contributed by atoms with E-state index in [0.717, 1.165) is 0 Å². The van der Waals surface area contributed by atoms with Crippen LogP contribution in [0.3, 0.4) is 0 Å². The van der Waals surface area contributed by atoms with Crippen molar-refractivity contribution >= 4 is 0 Å². The van der Waals surface area contributed by atoms with Gasteiger partial charge in [-0.2, -0.15) is 5.26 Å². The summed E-state index contributed by atoms with van der Waals surface area (Å²) in [7, 11) is 0. The van der Waals surface area contributed by atoms with Crippen LogP contribution in [0.1, 0.15) is 54.4 Å². The molecule has 17 heavy (non-hydrogen) atoms. The molecule has 0 rings (SSSR count). The number of aliphatic hydroxyl groups excluding tert-OH is 1. The third kappa shape index (κ3) is 6.05. The highest BCUT2D eigenvalue weighted by atomic mass is 16.5. The highest BCUT2D eigenvalue weighted by molar-refractivity contribution is 5.03. The monoisotopic (exact) mass is 241 g/mol. The Morgan fingerprint density at radius 1 is 1.06 bits per heavy atom. The number of rotatable bonds is 7. The van der Waals surface area contributed by atoms with E-state index in [-0.39, 0.29) is 6.10 Å². The van der Waals surface area contributed by atoms with Gasteiger partial charge in [-0.05, 0) is 38.5 Å². The normalized spacial score (nSPS) is 16.0. The minimum Gasteiger partial charge on any atom is -0.391 e. The van der Waals surface area contributed by atoms with Crippen LogP contribution in [-0.2, 0) is 4.74 Å². The summed E-state index contributed by atoms with van der Waals surface area (Å²) in [5.41, 5.74) is -0.765. The molecule has 0 aromatic carbocycles. The van der Waals surface area contributed by atoms with E-state index >= 15 is 0 Å². The third-order valence-electron chi connectivity index (χ3n) is 2.77. The van der Waals surface area contributed by atoms with Crippen LogP contribution >= 0.6 is 0 Å². The summed E-state index contributed by atoms with van der Waals surface area (Å²) < 4.78 is 5.86. The molecule has 0 fully saturated rings. The number of aliphatic hydroxyl groups is 1. The predicted molar refractivity (Wildman–Crippen MR) is 69.5 cm³/mol. The van der Waals surface area contributed by atoms with Crippen LogP contribution in [0.2, 0.25) is 0 Å². The van der Waals surface area contributed by atoms with Crippen molar-refractivity contribution in [2.45, 2.75) is 72.2 Å². The van der Waals surface area contributed by atoms with Crippen molar-refractivity contribution in [2.24, 2.45) is 11.8 Å². The van der Waals surface area contributed by atoms with Gasteiger partial charge >= 0.3 is 0 Å². The molecule has 2 atom stereocenters. The number of hydrogen-bond acceptors (Lipinski definition) is 3. The zero-order valence-electron chi connectivity index (χ0n) is 12.0. The van der Waals surface area contributed by atoms with Crippen molar-refractivity contribution in [3.8, 4) is 6.07 Å². The Hall–Kier alpha value is -0.590. The van der Waals surface area contributed by atoms with Gasteiger partial charge in [0.15, 0.2) is 5.60 Å². The minimum atomic E-state index is -0.765. The van der Waals surface area contributed by atoms with Gasteiger partial charge in [-0.3, -0.25) is 0 Å². The van der Waals surface area contributed by atoms with E-state index in [1.54, 1.807) is 6.92 Å². The van der Waals surface area contributed by atoms with Crippen LogP contribution in [0, 0.1) is 23.2 Å². The Morgan fingerprint density at radius 3 is 1.71 bits per heavy atom. The minimum absolute atomic E-state index is 0.313. The second kappa shape index (κ2) is 6.98. The smallest absolute Gasteiger partial charge is 0.155 e. The molecule has 0 aliphatic rings. The quantitative estimate of drug-likeness (QED) is 0.745. The van der Waals surface area contributed by atoms with Crippen LogP contribution in [0.5, 0.6) is 0 Å². The second-order valence-electron chi connectivity index (χ2n) is 5.87. The van der Waals surface area contributed by atoms with E-state index in [1.165, 1.54) is 0 Å². The Bertz CT molecular complexity index is 243. The van der Waals surface area contributed by atoms with E-state index < -0.39 is 11.7 Å². The predicted octanol–water partition coefficient (Wildman–Crippen LogP) is 3.13. The molecule has 0 spiro atoms. The van der Waals surface area contributed by atoms with Gasteiger partial charge < -0.3 is 9.84 Å². The fourth-order valence-corrected chi connectivity index (χ4v) is 2.07. The summed E-state index contributed by atoms with van der Waals surface area (Å²) in [5.74, 6) is 0.796. The van der Waals surface area contributed by atoms with Gasteiger partial charge in [-0.1, -0.05) is 27.7 Å². The van der Waals surface area contributed by atoms with Crippen LogP contribution in [-0.4, -0.2) is 22.9 Å². The molecule has 3 heteroatoms. The summed E-state index contributed by atoms with van der Waals surface area (Å²) in [5, 5.41) is 19.0. The zero-order chi connectivity index (χ0) is 13.6. The lowest BCUT2D eigenvalue weighted by atomic mass is 9.85. The standard InChI is InChI=1S/C14H27NO2/c1-10(2)7-14(9-15,8-11(3)4)17-13(6)12(5)16/h10-13,16H,7-8H2,1-6H3. The first-order chi connectivity index (χ1) is 7.72. The maximum Gasteiger partial charge on any atom is 0.155 e. The van der Waals surface area contributed by atoms with Crippen molar-refractivity contribution in [3.63, 3.8) is 0 Å². The third-order valence-corrected chi connectivity index (χ3v) is 2.77. The second-order valence-corrected chi connectivity index (χ2v) is 5.87. The van der Waals surface area contributed by atoms with Crippen molar-refractivity contribution in [1.82, 2.24) is 0 Å². The molecule has 3 nitrogen and oxygen atoms in total. The molecule has 0 amide bonds. The van der Waals surface area contributed by atoms with Crippen molar-refractivity contribution in [1.29, 1.82) is 5.26 Å². The molecule has 0 aromatic heterocycles. The Labute approximate surface area is 106 Å². The van der Waals surface area contributed by atoms with Gasteiger partial charge in [0.05, 0.1) is 18.3 Å². The Morgan fingerprint density at radius 2 is 1.47 bits per heavy atom. The number of ether oxygens (including phenoxy) is 1. The van der Waals surface area contributed by atoms with E-state index in [1.807, 2.05) is 6.92 Å². The molecular formula is C14H27NO2. The Kier molecular flexibility index (Phi) is 6.74. The van der Waals surface area contributed by atoms with Gasteiger partial charge in [-0.25, -0.2) is 0 Å². The molecule has 0 heterocycles. The van der Waals surface area contributed by atoms with E-state index in [4.69, 9.17) is 4.74 Å². The molecule has 0 aromatic rings. The summed E-state index contributed by atoms with van der Waals surface area (Å²) in [6, 6.07) is 2.33. The molecule has 100 valence electrons. The topological polar surface area (TPSA) is 53.2 Å². The summed E-state index contributed by atoms with van der Waals surface area (Å²) in [4.78, 5) is 0. The maximum atomic E-state index is 9.51. The summed E-state index contributed by atoms with van der Waals surface area (Å²) in [6.45, 7) is 11.9. The first-order valence-electron chi connectivity index (χ1n) is 6.49. The van der Waals surface area contributed by atoms with Crippen molar-refractivity contribution in [2.75, 3.05) is 0 Å². The zero-order valence-corrected chi connectivity index (χ0v) is 12.0. The number of nitrogens with zero attached hydrogens (tertiary/aromatic N) is 1. The van der Waals surface area contributed by atoms with E-state index in [2.05, 4.69) is 33.8 Å². The molecular weight excluding hydrogens is 214 g/mol. The first-order valence-corrected chi connectivity index (χ1v) is 6.49. The molecule has 0 aliphatic carbocycles. The highest BCUT2D eigenvalue weighted by Gasteiger charge is 2.35. The lowest BCUT2D eigenvalue weighted by molar-refractivity contribution is -0.111. The molecule has 0 aliphatic heterocycles. The molecule has 0 bridgehead atoms. The lowest BCUT2D eigenvalue weighted by Crippen LogP contribution is -2.40. The molecule has 1 N–H and O–H groups in total. The largest absolute Gasteiger partial charge is 0.391 e. The van der Waals surface area contributed by atoms with Crippen LogP contribution in [0.15, 0.2) is 0 Å². The van der Waals surface area contributed by atoms with Gasteiger partial charge in [0.1, 0.15) is 0 Å². The van der Waals surface area contributed by atoms with Gasteiger partial charge in [0.2, 0.25) is 0 Å². The molecule has 2 unspecified atom stereocenters. The van der Waals surface area contributed by atoms with Gasteiger partial charge in [0, 0.05) is 0 Å². The van der Waals surface area contributed by atoms with Crippen molar-refractivity contribution < 1.29 is 9.84 Å². The SMILES string of the molecule is CC(C)CC(C#N)(CC(C)C)OC(C)C(C)O. The summed E-state index contributed by atoms with van der Waals surface area (Å²) >= 11 is 0. The first kappa shape index (κ1) is 16.4. The van der Waals surface area contributed by atoms with Crippen LogP contribution < -0.4 is 0 Å². The van der Waals surface area contributed by atoms with E-state index in [9.17, 15) is 10.4 Å². The van der Waals surface area contributed by atoms with Crippen LogP contribution in [0.4, 0.5) is 0 Å². The summed E-state index contributed by atoms with van der Waals surface area (Å²) in [6.07, 6.45) is 0.548. The number of nitriles is 1. The Balaban J connectivity index is 4.86. The maximum absolute atomic E-state index is 9.51. The molecule has 0 saturated carbocycles. The molecule has 0 radical (unpaired) electrons. The average Bonchev–Trinajstić information content (AvgIpc) is 2.15. The average molecular weight is 241 g/mol. The van der Waals surface area contributed by atoms with Gasteiger partial charge in [-0.15, -0.1) is 0 Å². The number of hydrogen-bond donors (Lipinski definition) is 1. The van der Waals surface area contributed by atoms with Gasteiger partial charge in [0.25, 0.3) is 0 Å². The fraction of sp³-hybridized carbons (Fsp3) is 0.929.